The van der Waals surface area contributed by atoms with Crippen LogP contribution in [0, 0.1) is 0 Å². The number of likely N-dealkylation sites (tertiary alicyclic amines) is 1. The van der Waals surface area contributed by atoms with Gasteiger partial charge in [0.05, 0.1) is 38.8 Å². The highest BCUT2D eigenvalue weighted by molar-refractivity contribution is 8.13. The number of fused-ring (bicyclic) bond motifs is 1. The van der Waals surface area contributed by atoms with Gasteiger partial charge < -0.3 is 29.7 Å². The number of hydrogen-bond donors (Lipinski definition) is 1. The van der Waals surface area contributed by atoms with Crippen molar-refractivity contribution in [3.63, 3.8) is 0 Å². The van der Waals surface area contributed by atoms with Gasteiger partial charge in [-0.05, 0) is 24.8 Å². The lowest BCUT2D eigenvalue weighted by atomic mass is 10.1. The van der Waals surface area contributed by atoms with Gasteiger partial charge >= 0.3 is 0 Å². The number of aliphatic imine (C=N–C) groups is 1. The van der Waals surface area contributed by atoms with Gasteiger partial charge in [-0.25, -0.2) is 9.97 Å². The van der Waals surface area contributed by atoms with Crippen LogP contribution in [0.15, 0.2) is 47.7 Å². The highest BCUT2D eigenvalue weighted by Gasteiger charge is 2.33. The molecule has 2 atom stereocenters. The molecule has 0 spiro atoms. The van der Waals surface area contributed by atoms with Crippen LogP contribution in [0.1, 0.15) is 18.5 Å². The van der Waals surface area contributed by atoms with Crippen LogP contribution in [-0.4, -0.2) is 97.0 Å². The van der Waals surface area contributed by atoms with Crippen molar-refractivity contribution in [3.05, 3.63) is 48.4 Å². The molecule has 1 saturated heterocycles. The number of anilines is 2. The Morgan fingerprint density at radius 3 is 2.66 bits per heavy atom. The number of nitrogens with zero attached hydrogens (tertiary/aromatic N) is 6. The smallest absolute Gasteiger partial charge is 0.224 e. The topological polar surface area (TPSA) is 128 Å². The summed E-state index contributed by atoms with van der Waals surface area (Å²) in [6.45, 7) is 1.27. The number of carbonyl (C=O) groups is 1. The van der Waals surface area contributed by atoms with Gasteiger partial charge in [0.1, 0.15) is 29.6 Å². The molecule has 1 aliphatic heterocycles. The van der Waals surface area contributed by atoms with Crippen molar-refractivity contribution in [2.24, 2.45) is 10.7 Å². The maximum absolute atomic E-state index is 12.8. The molecule has 2 unspecified atom stereocenters. The number of aromatic nitrogens is 3. The molecule has 1 amide bonds. The van der Waals surface area contributed by atoms with Crippen LogP contribution in [0.25, 0.3) is 16.7 Å². The number of pyridine rings is 1. The lowest BCUT2D eigenvalue weighted by molar-refractivity contribution is -0.134. The van der Waals surface area contributed by atoms with Gasteiger partial charge in [0.2, 0.25) is 5.91 Å². The number of hydrogen-bond acceptors (Lipinski definition) is 10. The van der Waals surface area contributed by atoms with Crippen LogP contribution in [0.2, 0.25) is 0 Å². The van der Waals surface area contributed by atoms with Gasteiger partial charge in [-0.15, -0.1) is 0 Å². The van der Waals surface area contributed by atoms with Crippen molar-refractivity contribution < 1.29 is 19.0 Å². The van der Waals surface area contributed by atoms with Crippen LogP contribution >= 0.6 is 10.5 Å². The summed E-state index contributed by atoms with van der Waals surface area (Å²) in [6, 6.07) is 9.31. The lowest BCUT2D eigenvalue weighted by Gasteiger charge is -2.32. The molecule has 41 heavy (non-hydrogen) atoms. The fraction of sp³-hybridized carbons (Fsp3) is 0.379. The van der Waals surface area contributed by atoms with E-state index in [2.05, 4.69) is 22.1 Å². The number of rotatable bonds is 13. The van der Waals surface area contributed by atoms with E-state index in [1.54, 1.807) is 33.7 Å². The predicted molar refractivity (Wildman–Crippen MR) is 167 cm³/mol. The molecule has 3 heterocycles. The van der Waals surface area contributed by atoms with E-state index in [0.29, 0.717) is 65.7 Å². The number of benzene rings is 1. The Kier molecular flexibility index (Phi) is 10.3. The maximum atomic E-state index is 12.8. The van der Waals surface area contributed by atoms with Crippen LogP contribution in [0.4, 0.5) is 11.5 Å². The van der Waals surface area contributed by atoms with Crippen molar-refractivity contribution in [1.29, 1.82) is 0 Å². The van der Waals surface area contributed by atoms with Gasteiger partial charge in [-0.2, -0.15) is 10.5 Å². The third-order valence-electron chi connectivity index (χ3n) is 6.71. The minimum atomic E-state index is -0.0956. The molecule has 4 rings (SSSR count). The summed E-state index contributed by atoms with van der Waals surface area (Å²) < 4.78 is 17.0. The van der Waals surface area contributed by atoms with Crippen molar-refractivity contribution in [2.45, 2.75) is 18.9 Å². The number of ether oxygens (including phenoxy) is 3. The lowest BCUT2D eigenvalue weighted by Crippen LogP contribution is -2.42. The summed E-state index contributed by atoms with van der Waals surface area (Å²) in [4.78, 5) is 34.9. The van der Waals surface area contributed by atoms with E-state index < -0.39 is 0 Å². The molecule has 3 aromatic rings. The maximum Gasteiger partial charge on any atom is 0.224 e. The zero-order valence-electron chi connectivity index (χ0n) is 23.9. The van der Waals surface area contributed by atoms with E-state index in [-0.39, 0.29) is 29.2 Å². The Morgan fingerprint density at radius 2 is 2.00 bits per heavy atom. The molecule has 2 N–H and O–H groups in total. The Bertz CT molecular complexity index is 1440. The molecule has 12 heteroatoms. The SMILES string of the molecule is C=S(C)CCOCN1C(=O)CCC1CN(c1cc(OC)cc(OC)c1)c1ccc2ncc(/C(C=NC)=C/N)nc2n1. The van der Waals surface area contributed by atoms with Crippen molar-refractivity contribution in [1.82, 2.24) is 19.9 Å². The zero-order valence-corrected chi connectivity index (χ0v) is 24.8. The van der Waals surface area contributed by atoms with Crippen LogP contribution in [0.3, 0.4) is 0 Å². The molecule has 1 aromatic carbocycles. The van der Waals surface area contributed by atoms with Crippen LogP contribution in [-0.2, 0) is 9.53 Å². The average Bonchev–Trinajstić information content (AvgIpc) is 3.34. The van der Waals surface area contributed by atoms with Gasteiger partial charge in [0.25, 0.3) is 0 Å². The van der Waals surface area contributed by atoms with E-state index in [4.69, 9.17) is 29.9 Å². The van der Waals surface area contributed by atoms with E-state index in [1.807, 2.05) is 40.1 Å². The third kappa shape index (κ3) is 7.39. The second-order valence-corrected chi connectivity index (χ2v) is 11.5. The Labute approximate surface area is 243 Å². The minimum absolute atomic E-state index is 0.0325. The summed E-state index contributed by atoms with van der Waals surface area (Å²) in [5.74, 6) is 6.86. The zero-order chi connectivity index (χ0) is 29.4. The molecule has 1 aliphatic rings. The van der Waals surface area contributed by atoms with Gasteiger partial charge in [-0.3, -0.25) is 14.8 Å². The standard InChI is InChI=1S/C29H37N7O4S/c1-31-16-20(15-30)26-17-32-25-7-8-27(34-29(25)33-26)35(22-12-23(38-2)14-24(13-22)39-3)18-21-6-9-28(37)36(21)19-40-10-11-41(4)5/h7-8,12-17,21H,4,6,9-11,18-19,30H2,1-3,5H3/b20-15+,31-16?. The quantitative estimate of drug-likeness (QED) is 0.184. The third-order valence-corrected chi connectivity index (χ3v) is 7.58. The van der Waals surface area contributed by atoms with Gasteiger partial charge in [0.15, 0.2) is 5.65 Å². The van der Waals surface area contributed by atoms with E-state index >= 15 is 0 Å². The molecule has 0 radical (unpaired) electrons. The molecule has 0 aliphatic carbocycles. The molecule has 0 bridgehead atoms. The van der Waals surface area contributed by atoms with Crippen molar-refractivity contribution >= 4 is 56.7 Å². The average molecular weight is 580 g/mol. The van der Waals surface area contributed by atoms with E-state index in [1.165, 1.54) is 6.20 Å². The predicted octanol–water partition coefficient (Wildman–Crippen LogP) is 3.48. The fourth-order valence-electron chi connectivity index (χ4n) is 4.53. The highest BCUT2D eigenvalue weighted by Crippen LogP contribution is 2.34. The number of methoxy groups -OCH3 is 2. The number of allylic oxidation sites excluding steroid dienone is 1. The van der Waals surface area contributed by atoms with E-state index in [0.717, 1.165) is 11.4 Å². The summed E-state index contributed by atoms with van der Waals surface area (Å²) >= 11 is 0. The molecule has 0 saturated carbocycles. The second kappa shape index (κ2) is 14.0. The Balaban J connectivity index is 1.73. The summed E-state index contributed by atoms with van der Waals surface area (Å²) in [5, 5.41) is 0. The summed E-state index contributed by atoms with van der Waals surface area (Å²) in [5.41, 5.74) is 8.88. The van der Waals surface area contributed by atoms with Gasteiger partial charge in [-0.1, -0.05) is 5.87 Å². The first-order valence-corrected chi connectivity index (χ1v) is 15.1. The first kappa shape index (κ1) is 29.9. The van der Waals surface area contributed by atoms with Crippen LogP contribution < -0.4 is 20.1 Å². The molecule has 2 aromatic heterocycles. The highest BCUT2D eigenvalue weighted by atomic mass is 32.2. The molecule has 1 fully saturated rings. The number of carbonyl (C=O) groups excluding carboxylic acids is 1. The normalized spacial score (nSPS) is 16.5. The number of nitrogens with two attached hydrogens (primary N) is 1. The number of amides is 1. The Hall–Kier alpha value is -4.03. The van der Waals surface area contributed by atoms with E-state index in [9.17, 15) is 4.79 Å². The van der Waals surface area contributed by atoms with Gasteiger partial charge in [0, 0.05) is 67.6 Å². The Morgan fingerprint density at radius 1 is 1.24 bits per heavy atom. The van der Waals surface area contributed by atoms with Crippen molar-refractivity contribution in [3.8, 4) is 11.5 Å². The van der Waals surface area contributed by atoms with Crippen molar-refractivity contribution in [2.75, 3.05) is 58.1 Å². The summed E-state index contributed by atoms with van der Waals surface area (Å²) in [7, 11) is 4.92. The molecule has 218 valence electrons. The first-order chi connectivity index (χ1) is 19.9. The molecule has 11 nitrogen and oxygen atoms in total. The molecular formula is C29H37N7O4S. The second-order valence-electron chi connectivity index (χ2n) is 9.54. The summed E-state index contributed by atoms with van der Waals surface area (Å²) in [6.07, 6.45) is 7.94. The fourth-order valence-corrected chi connectivity index (χ4v) is 4.93. The minimum Gasteiger partial charge on any atom is -0.497 e. The van der Waals surface area contributed by atoms with Crippen LogP contribution in [0.5, 0.6) is 11.5 Å². The first-order valence-electron chi connectivity index (χ1n) is 13.1. The largest absolute Gasteiger partial charge is 0.497 e. The molecular weight excluding hydrogens is 542 g/mol. The monoisotopic (exact) mass is 579 g/mol.